The van der Waals surface area contributed by atoms with E-state index in [0.717, 1.165) is 25.3 Å². The average Bonchev–Trinajstić information content (AvgIpc) is 3.86. The Balaban J connectivity index is 1.52. The number of carbonyl (C=O) groups excluding carboxylic acids is 1. The van der Waals surface area contributed by atoms with Gasteiger partial charge in [-0.3, -0.25) is 23.9 Å². The van der Waals surface area contributed by atoms with Crippen LogP contribution in [0.1, 0.15) is 87.0 Å². The second kappa shape index (κ2) is 16.7. The molecular formula is C38H40BrClF5N7O5S2. The summed E-state index contributed by atoms with van der Waals surface area (Å²) in [5.41, 5.74) is 0.511. The monoisotopic (exact) mass is 947 g/mol. The Labute approximate surface area is 351 Å². The smallest absolute Gasteiger partial charge is 0.281 e. The van der Waals surface area contributed by atoms with Gasteiger partial charge in [-0.1, -0.05) is 23.7 Å². The lowest BCUT2D eigenvalue weighted by Crippen LogP contribution is -2.35. The zero-order chi connectivity index (χ0) is 43.4. The van der Waals surface area contributed by atoms with Crippen LogP contribution >= 0.6 is 27.5 Å². The Morgan fingerprint density at radius 1 is 1.00 bits per heavy atom. The first-order valence-corrected chi connectivity index (χ1v) is 22.9. The summed E-state index contributed by atoms with van der Waals surface area (Å²) in [5, 5.41) is 11.0. The van der Waals surface area contributed by atoms with E-state index in [1.165, 1.54) is 10.7 Å². The third-order valence-corrected chi connectivity index (χ3v) is 14.9. The molecule has 0 saturated heterocycles. The quantitative estimate of drug-likeness (QED) is 0.0937. The first kappa shape index (κ1) is 44.4. The van der Waals surface area contributed by atoms with Gasteiger partial charge in [0.05, 0.1) is 48.4 Å². The molecule has 1 unspecified atom stereocenters. The number of carbonyl (C=O) groups is 1. The molecule has 0 radical (unpaired) electrons. The summed E-state index contributed by atoms with van der Waals surface area (Å²) in [7, 11) is -5.77. The molecule has 1 amide bonds. The maximum absolute atomic E-state index is 14.6. The SMILES string of the molecule is CC(F)c1nn(CC(=O)N[C@@H](Cc2cc(F)cc(F)c2)c2nc(CCC(C)(C)S(=O)(=O)C3CC3)ccc2-c2ccc(Cl)c3c(NS(C)(=O)=O)nn(C)c23)c(C(F)F)c1Br. The lowest BCUT2D eigenvalue weighted by Gasteiger charge is -2.26. The summed E-state index contributed by atoms with van der Waals surface area (Å²) in [6.45, 7) is 3.56. The van der Waals surface area contributed by atoms with E-state index in [9.17, 15) is 43.6 Å². The van der Waals surface area contributed by atoms with E-state index in [2.05, 4.69) is 36.2 Å². The summed E-state index contributed by atoms with van der Waals surface area (Å²) in [5.74, 6) is -2.81. The molecule has 12 nitrogen and oxygen atoms in total. The fraction of sp³-hybridized carbons (Fsp3) is 0.421. The number of hydrogen-bond donors (Lipinski definition) is 2. The van der Waals surface area contributed by atoms with Crippen LogP contribution in [0.4, 0.5) is 27.8 Å². The Morgan fingerprint density at radius 3 is 2.24 bits per heavy atom. The van der Waals surface area contributed by atoms with Crippen LogP contribution in [-0.2, 0) is 51.1 Å². The maximum atomic E-state index is 14.6. The van der Waals surface area contributed by atoms with E-state index < -0.39 is 78.3 Å². The number of nitrogens with one attached hydrogen (secondary N) is 2. The molecule has 2 atom stereocenters. The molecule has 3 heterocycles. The number of hydrogen-bond acceptors (Lipinski definition) is 8. The number of sulfonamides is 1. The van der Waals surface area contributed by atoms with Crippen LogP contribution in [0, 0.1) is 11.6 Å². The van der Waals surface area contributed by atoms with Crippen LogP contribution in [0.5, 0.6) is 0 Å². The molecule has 1 aliphatic carbocycles. The summed E-state index contributed by atoms with van der Waals surface area (Å²) in [4.78, 5) is 18.9. The van der Waals surface area contributed by atoms with E-state index >= 15 is 0 Å². The number of nitrogens with zero attached hydrogens (tertiary/aromatic N) is 5. The number of benzene rings is 2. The molecule has 0 bridgehead atoms. The Morgan fingerprint density at radius 2 is 1.64 bits per heavy atom. The highest BCUT2D eigenvalue weighted by molar-refractivity contribution is 9.10. The van der Waals surface area contributed by atoms with E-state index in [4.69, 9.17) is 16.6 Å². The minimum Gasteiger partial charge on any atom is -0.346 e. The number of amides is 1. The third kappa shape index (κ3) is 9.60. The molecule has 59 heavy (non-hydrogen) atoms. The summed E-state index contributed by atoms with van der Waals surface area (Å²) in [6, 6.07) is 7.92. The molecular weight excluding hydrogens is 909 g/mol. The molecule has 6 rings (SSSR count). The Kier molecular flexibility index (Phi) is 12.6. The highest BCUT2D eigenvalue weighted by Crippen LogP contribution is 2.42. The van der Waals surface area contributed by atoms with Gasteiger partial charge >= 0.3 is 0 Å². The van der Waals surface area contributed by atoms with Gasteiger partial charge in [-0.15, -0.1) is 0 Å². The third-order valence-electron chi connectivity index (χ3n) is 10.1. The minimum atomic E-state index is -3.83. The minimum absolute atomic E-state index is 0.0766. The molecule has 2 N–H and O–H groups in total. The Hall–Kier alpha value is -4.14. The molecule has 1 fully saturated rings. The average molecular weight is 949 g/mol. The molecule has 0 aliphatic heterocycles. The van der Waals surface area contributed by atoms with Gasteiger partial charge in [0.1, 0.15) is 35.7 Å². The van der Waals surface area contributed by atoms with Crippen molar-refractivity contribution in [1.29, 1.82) is 0 Å². The van der Waals surface area contributed by atoms with Gasteiger partial charge < -0.3 is 5.32 Å². The molecule has 5 aromatic rings. The number of halogens is 7. The second-order valence-corrected chi connectivity index (χ2v) is 21.0. The number of sulfone groups is 1. The lowest BCUT2D eigenvalue weighted by molar-refractivity contribution is -0.122. The maximum Gasteiger partial charge on any atom is 0.281 e. The number of pyridine rings is 1. The van der Waals surface area contributed by atoms with Crippen molar-refractivity contribution in [3.63, 3.8) is 0 Å². The molecule has 21 heteroatoms. The van der Waals surface area contributed by atoms with Crippen molar-refractivity contribution >= 4 is 70.0 Å². The molecule has 3 aromatic heterocycles. The number of aromatic nitrogens is 5. The predicted molar refractivity (Wildman–Crippen MR) is 217 cm³/mol. The van der Waals surface area contributed by atoms with E-state index in [0.29, 0.717) is 45.9 Å². The van der Waals surface area contributed by atoms with Crippen molar-refractivity contribution in [3.8, 4) is 11.1 Å². The van der Waals surface area contributed by atoms with E-state index in [1.54, 1.807) is 39.1 Å². The molecule has 2 aromatic carbocycles. The first-order chi connectivity index (χ1) is 27.5. The molecule has 1 aliphatic rings. The fourth-order valence-corrected chi connectivity index (χ4v) is 10.6. The van der Waals surface area contributed by atoms with Gasteiger partial charge in [0.2, 0.25) is 15.9 Å². The summed E-state index contributed by atoms with van der Waals surface area (Å²) in [6.07, 6.45) is -2.81. The summed E-state index contributed by atoms with van der Waals surface area (Å²) >= 11 is 9.59. The first-order valence-electron chi connectivity index (χ1n) is 18.3. The zero-order valence-electron chi connectivity index (χ0n) is 32.3. The van der Waals surface area contributed by atoms with Gasteiger partial charge in [0.25, 0.3) is 6.43 Å². The van der Waals surface area contributed by atoms with Crippen molar-refractivity contribution in [2.75, 3.05) is 11.0 Å². The number of aryl methyl sites for hydroxylation is 2. The van der Waals surface area contributed by atoms with Gasteiger partial charge in [0, 0.05) is 29.9 Å². The van der Waals surface area contributed by atoms with Crippen molar-refractivity contribution in [2.45, 2.75) is 88.1 Å². The van der Waals surface area contributed by atoms with Crippen molar-refractivity contribution < 1.29 is 43.6 Å². The van der Waals surface area contributed by atoms with Crippen molar-refractivity contribution in [2.24, 2.45) is 7.05 Å². The van der Waals surface area contributed by atoms with Crippen LogP contribution in [0.15, 0.2) is 46.9 Å². The van der Waals surface area contributed by atoms with Crippen LogP contribution in [0.25, 0.3) is 22.0 Å². The second-order valence-electron chi connectivity index (χ2n) is 15.2. The van der Waals surface area contributed by atoms with Gasteiger partial charge in [-0.05, 0) is 98.6 Å². The van der Waals surface area contributed by atoms with Gasteiger partial charge in [0.15, 0.2) is 15.7 Å². The van der Waals surface area contributed by atoms with Crippen LogP contribution in [0.2, 0.25) is 5.02 Å². The largest absolute Gasteiger partial charge is 0.346 e. The van der Waals surface area contributed by atoms with Gasteiger partial charge in [-0.25, -0.2) is 38.8 Å². The number of fused-ring (bicyclic) bond motifs is 1. The van der Waals surface area contributed by atoms with Crippen LogP contribution in [0.3, 0.4) is 0 Å². The lowest BCUT2D eigenvalue weighted by atomic mass is 9.93. The predicted octanol–water partition coefficient (Wildman–Crippen LogP) is 8.25. The highest BCUT2D eigenvalue weighted by Gasteiger charge is 2.45. The van der Waals surface area contributed by atoms with E-state index in [-0.39, 0.29) is 56.9 Å². The number of rotatable bonds is 16. The van der Waals surface area contributed by atoms with Gasteiger partial charge in [-0.2, -0.15) is 10.2 Å². The normalized spacial score (nSPS) is 14.9. The number of anilines is 1. The van der Waals surface area contributed by atoms with E-state index in [1.807, 2.05) is 0 Å². The number of alkyl halides is 3. The zero-order valence-corrected chi connectivity index (χ0v) is 36.3. The molecule has 0 spiro atoms. The van der Waals surface area contributed by atoms with Crippen LogP contribution < -0.4 is 10.0 Å². The molecule has 318 valence electrons. The molecule has 1 saturated carbocycles. The van der Waals surface area contributed by atoms with Crippen molar-refractivity contribution in [3.05, 3.63) is 91.9 Å². The summed E-state index contributed by atoms with van der Waals surface area (Å²) < 4.78 is 126. The highest BCUT2D eigenvalue weighted by atomic mass is 79.9. The standard InChI is InChI=1S/C38H40BrClF5N7O5S2/c1-19(41)32-31(39)35(36(44)45)52(48-32)18-29(53)47-28(16-20-14-21(42)17-22(43)15-20)33-25(9-6-23(46-33)12-13-38(2,3)59(56,57)24-7-8-24)26-10-11-27(40)30-34(26)51(4)49-37(30)50-58(5,54)55/h6,9-11,14-15,17,19,24,28,36H,7-8,12-13,16,18H2,1-5H3,(H,47,53)(H,49,50)/t19?,28-/m0/s1. The van der Waals surface area contributed by atoms with Crippen LogP contribution in [-0.4, -0.2) is 63.5 Å². The Bertz CT molecular complexity index is 2650. The topological polar surface area (TPSA) is 158 Å². The van der Waals surface area contributed by atoms with Crippen molar-refractivity contribution in [1.82, 2.24) is 29.9 Å². The fourth-order valence-electron chi connectivity index (χ4n) is 7.00.